The molecule has 0 N–H and O–H groups in total. The molecule has 17 heavy (non-hydrogen) atoms. The summed E-state index contributed by atoms with van der Waals surface area (Å²) >= 11 is 10.5. The first-order valence-corrected chi connectivity index (χ1v) is 5.42. The first-order chi connectivity index (χ1) is 7.93. The van der Waals surface area contributed by atoms with Gasteiger partial charge in [0.2, 0.25) is 4.84 Å². The van der Waals surface area contributed by atoms with E-state index in [4.69, 9.17) is 27.9 Å². The number of hydrogen-bond donors (Lipinski definition) is 0. The topological polar surface area (TPSA) is 87.3 Å². The van der Waals surface area contributed by atoms with Gasteiger partial charge < -0.3 is 14.9 Å². The van der Waals surface area contributed by atoms with Crippen LogP contribution in [0.1, 0.15) is 5.82 Å². The van der Waals surface area contributed by atoms with Gasteiger partial charge in [-0.05, 0) is 4.92 Å². The molecule has 94 valence electrons. The zero-order valence-electron chi connectivity index (χ0n) is 8.80. The number of alkyl halides is 2. The standard InChI is InChI=1S/C8H9Cl2N3O4/c1-5-11-4-6(13(15)16)12(5)2-3-17-8(14)7(9)10/h4,7H,2-3H2,1H3. The lowest BCUT2D eigenvalue weighted by atomic mass is 10.6. The van der Waals surface area contributed by atoms with Gasteiger partial charge in [0.1, 0.15) is 19.3 Å². The van der Waals surface area contributed by atoms with Crippen LogP contribution in [0.2, 0.25) is 0 Å². The first kappa shape index (κ1) is 13.7. The molecule has 0 radical (unpaired) electrons. The van der Waals surface area contributed by atoms with Crippen LogP contribution in [-0.2, 0) is 16.1 Å². The quantitative estimate of drug-likeness (QED) is 0.353. The molecule has 1 heterocycles. The summed E-state index contributed by atoms with van der Waals surface area (Å²) in [7, 11) is 0. The lowest BCUT2D eigenvalue weighted by molar-refractivity contribution is -0.392. The van der Waals surface area contributed by atoms with E-state index in [1.54, 1.807) is 6.92 Å². The second-order valence-electron chi connectivity index (χ2n) is 3.04. The molecule has 0 bridgehead atoms. The number of nitrogens with zero attached hydrogens (tertiary/aromatic N) is 3. The Balaban J connectivity index is 2.60. The Bertz CT molecular complexity index is 432. The van der Waals surface area contributed by atoms with Gasteiger partial charge in [-0.15, -0.1) is 0 Å². The SMILES string of the molecule is Cc1ncc([N+](=O)[O-])n1CCOC(=O)C(Cl)Cl. The molecule has 0 unspecified atom stereocenters. The molecule has 0 saturated heterocycles. The summed E-state index contributed by atoms with van der Waals surface area (Å²) in [5.74, 6) is -0.485. The minimum absolute atomic E-state index is 0.0627. The van der Waals surface area contributed by atoms with Gasteiger partial charge in [-0.2, -0.15) is 0 Å². The number of ether oxygens (including phenoxy) is 1. The van der Waals surface area contributed by atoms with Crippen molar-refractivity contribution in [2.24, 2.45) is 0 Å². The first-order valence-electron chi connectivity index (χ1n) is 4.54. The maximum Gasteiger partial charge on any atom is 0.342 e. The molecule has 1 aromatic heterocycles. The van der Waals surface area contributed by atoms with E-state index in [0.29, 0.717) is 5.82 Å². The molecular weight excluding hydrogens is 273 g/mol. The summed E-state index contributed by atoms with van der Waals surface area (Å²) in [6.07, 6.45) is 1.14. The number of nitro groups is 1. The molecule has 0 aliphatic rings. The van der Waals surface area contributed by atoms with Crippen molar-refractivity contribution in [1.82, 2.24) is 9.55 Å². The molecule has 1 rings (SSSR count). The van der Waals surface area contributed by atoms with E-state index in [9.17, 15) is 14.9 Å². The number of carbonyl (C=O) groups excluding carboxylic acids is 1. The molecule has 0 saturated carbocycles. The van der Waals surface area contributed by atoms with Crippen LogP contribution in [0.25, 0.3) is 0 Å². The Kier molecular flexibility index (Phi) is 4.71. The average molecular weight is 282 g/mol. The predicted molar refractivity (Wildman–Crippen MR) is 60.1 cm³/mol. The third-order valence-electron chi connectivity index (χ3n) is 1.96. The van der Waals surface area contributed by atoms with Gasteiger partial charge in [-0.1, -0.05) is 23.2 Å². The fourth-order valence-electron chi connectivity index (χ4n) is 1.18. The van der Waals surface area contributed by atoms with E-state index >= 15 is 0 Å². The van der Waals surface area contributed by atoms with Crippen molar-refractivity contribution in [3.8, 4) is 0 Å². The Labute approximate surface area is 106 Å². The van der Waals surface area contributed by atoms with Crippen LogP contribution in [0.4, 0.5) is 5.82 Å². The van der Waals surface area contributed by atoms with Crippen LogP contribution in [0, 0.1) is 17.0 Å². The van der Waals surface area contributed by atoms with Gasteiger partial charge in [0.15, 0.2) is 5.82 Å². The van der Waals surface area contributed by atoms with E-state index in [1.165, 1.54) is 4.57 Å². The summed E-state index contributed by atoms with van der Waals surface area (Å²) in [6.45, 7) is 1.67. The monoisotopic (exact) mass is 281 g/mol. The van der Waals surface area contributed by atoms with E-state index in [2.05, 4.69) is 4.98 Å². The maximum absolute atomic E-state index is 10.9. The van der Waals surface area contributed by atoms with Crippen LogP contribution in [0.5, 0.6) is 0 Å². The summed E-state index contributed by atoms with van der Waals surface area (Å²) in [4.78, 5) is 23.5. The molecule has 0 aliphatic heterocycles. The summed E-state index contributed by atoms with van der Waals surface area (Å²) in [5, 5.41) is 10.6. The fourth-order valence-corrected chi connectivity index (χ4v) is 1.30. The zero-order chi connectivity index (χ0) is 13.0. The van der Waals surface area contributed by atoms with Crippen molar-refractivity contribution >= 4 is 35.0 Å². The van der Waals surface area contributed by atoms with Crippen molar-refractivity contribution in [2.75, 3.05) is 6.61 Å². The second kappa shape index (κ2) is 5.83. The lowest BCUT2D eigenvalue weighted by Gasteiger charge is -2.05. The highest BCUT2D eigenvalue weighted by molar-refractivity contribution is 6.52. The van der Waals surface area contributed by atoms with Crippen molar-refractivity contribution in [1.29, 1.82) is 0 Å². The van der Waals surface area contributed by atoms with Crippen LogP contribution in [-0.4, -0.2) is 31.9 Å². The Morgan fingerprint density at radius 2 is 2.35 bits per heavy atom. The molecular formula is C8H9Cl2N3O4. The molecule has 0 amide bonds. The van der Waals surface area contributed by atoms with E-state index < -0.39 is 15.7 Å². The van der Waals surface area contributed by atoms with E-state index in [1.807, 2.05) is 0 Å². The van der Waals surface area contributed by atoms with Gasteiger partial charge in [0.05, 0.1) is 0 Å². The number of esters is 1. The Morgan fingerprint density at radius 3 is 2.88 bits per heavy atom. The van der Waals surface area contributed by atoms with Gasteiger partial charge in [-0.25, -0.2) is 14.3 Å². The van der Waals surface area contributed by atoms with Crippen LogP contribution in [0.3, 0.4) is 0 Å². The molecule has 1 aromatic rings. The largest absolute Gasteiger partial charge is 0.459 e. The highest BCUT2D eigenvalue weighted by Gasteiger charge is 2.18. The number of aromatic nitrogens is 2. The lowest BCUT2D eigenvalue weighted by Crippen LogP contribution is -2.17. The number of rotatable bonds is 5. The normalized spacial score (nSPS) is 10.6. The minimum Gasteiger partial charge on any atom is -0.459 e. The minimum atomic E-state index is -1.26. The van der Waals surface area contributed by atoms with E-state index in [-0.39, 0.29) is 19.0 Å². The van der Waals surface area contributed by atoms with Gasteiger partial charge >= 0.3 is 11.8 Å². The highest BCUT2D eigenvalue weighted by atomic mass is 35.5. The molecule has 0 aliphatic carbocycles. The third kappa shape index (κ3) is 3.57. The van der Waals surface area contributed by atoms with Gasteiger partial charge in [0.25, 0.3) is 0 Å². The number of carbonyl (C=O) groups is 1. The van der Waals surface area contributed by atoms with Crippen molar-refractivity contribution < 1.29 is 14.5 Å². The maximum atomic E-state index is 10.9. The van der Waals surface area contributed by atoms with Crippen molar-refractivity contribution in [3.63, 3.8) is 0 Å². The Hall–Kier alpha value is -1.34. The van der Waals surface area contributed by atoms with E-state index in [0.717, 1.165) is 6.20 Å². The van der Waals surface area contributed by atoms with Crippen molar-refractivity contribution in [2.45, 2.75) is 18.3 Å². The van der Waals surface area contributed by atoms with Crippen LogP contribution >= 0.6 is 23.2 Å². The summed E-state index contributed by atoms with van der Waals surface area (Å²) < 4.78 is 6.02. The third-order valence-corrected chi connectivity index (χ3v) is 2.31. The molecule has 0 atom stereocenters. The summed E-state index contributed by atoms with van der Waals surface area (Å²) in [6, 6.07) is 0. The number of imidazole rings is 1. The average Bonchev–Trinajstić information content (AvgIpc) is 2.60. The molecule has 0 spiro atoms. The fraction of sp³-hybridized carbons (Fsp3) is 0.500. The number of hydrogen-bond acceptors (Lipinski definition) is 5. The van der Waals surface area contributed by atoms with Gasteiger partial charge in [-0.3, -0.25) is 0 Å². The van der Waals surface area contributed by atoms with Crippen LogP contribution in [0.15, 0.2) is 6.20 Å². The van der Waals surface area contributed by atoms with Gasteiger partial charge in [0, 0.05) is 6.92 Å². The smallest absolute Gasteiger partial charge is 0.342 e. The second-order valence-corrected chi connectivity index (χ2v) is 4.14. The van der Waals surface area contributed by atoms with Crippen LogP contribution < -0.4 is 0 Å². The zero-order valence-corrected chi connectivity index (χ0v) is 10.3. The summed E-state index contributed by atoms with van der Waals surface area (Å²) in [5.41, 5.74) is 0. The Morgan fingerprint density at radius 1 is 1.71 bits per heavy atom. The predicted octanol–water partition coefficient (Wildman–Crippen LogP) is 1.45. The molecule has 9 heteroatoms. The highest BCUT2D eigenvalue weighted by Crippen LogP contribution is 2.13. The molecule has 0 aromatic carbocycles. The molecule has 0 fully saturated rings. The molecule has 7 nitrogen and oxygen atoms in total. The number of aryl methyl sites for hydroxylation is 1. The number of halogens is 2. The van der Waals surface area contributed by atoms with Crippen molar-refractivity contribution in [3.05, 3.63) is 22.1 Å².